The lowest BCUT2D eigenvalue weighted by molar-refractivity contribution is -0.190. The molecule has 1 rings (SSSR count). The first kappa shape index (κ1) is 31.4. The van der Waals surface area contributed by atoms with Crippen LogP contribution < -0.4 is 5.32 Å². The van der Waals surface area contributed by atoms with Crippen molar-refractivity contribution in [2.45, 2.75) is 155 Å². The van der Waals surface area contributed by atoms with Gasteiger partial charge in [-0.15, -0.1) is 0 Å². The first-order valence-electron chi connectivity index (χ1n) is 14.5. The molecule has 0 saturated carbocycles. The molecule has 0 aromatic carbocycles. The smallest absolute Gasteiger partial charge is 0.328 e. The largest absolute Gasteiger partial charge is 0.461 e. The molecule has 0 aliphatic carbocycles. The Bertz CT molecular complexity index is 579. The summed E-state index contributed by atoms with van der Waals surface area (Å²) >= 11 is 0. The van der Waals surface area contributed by atoms with Crippen molar-refractivity contribution in [1.82, 2.24) is 5.32 Å². The van der Waals surface area contributed by atoms with Crippen LogP contribution in [-0.4, -0.2) is 36.6 Å². The van der Waals surface area contributed by atoms with Gasteiger partial charge in [0.05, 0.1) is 5.92 Å². The van der Waals surface area contributed by atoms with Gasteiger partial charge < -0.3 is 14.8 Å². The van der Waals surface area contributed by atoms with Crippen molar-refractivity contribution in [1.29, 1.82) is 0 Å². The monoisotopic (exact) mass is 495 g/mol. The molecular formula is C29H53NO5. The van der Waals surface area contributed by atoms with Gasteiger partial charge in [-0.2, -0.15) is 0 Å². The summed E-state index contributed by atoms with van der Waals surface area (Å²) in [5.74, 6) is -0.302. The lowest BCUT2D eigenvalue weighted by Crippen LogP contribution is -2.48. The molecule has 204 valence electrons. The molecular weight excluding hydrogens is 442 g/mol. The third kappa shape index (κ3) is 13.9. The zero-order chi connectivity index (χ0) is 25.9. The quantitative estimate of drug-likeness (QED) is 0.0949. The summed E-state index contributed by atoms with van der Waals surface area (Å²) in [5, 5.41) is 2.62. The van der Waals surface area contributed by atoms with Gasteiger partial charge in [-0.3, -0.25) is 9.59 Å². The average Bonchev–Trinajstić information content (AvgIpc) is 2.81. The Morgan fingerprint density at radius 1 is 0.943 bits per heavy atom. The third-order valence-corrected chi connectivity index (χ3v) is 7.06. The number of rotatable bonds is 23. The van der Waals surface area contributed by atoms with Crippen molar-refractivity contribution < 1.29 is 23.9 Å². The maximum absolute atomic E-state index is 12.9. The van der Waals surface area contributed by atoms with E-state index in [1.165, 1.54) is 57.8 Å². The fourth-order valence-electron chi connectivity index (χ4n) is 4.90. The van der Waals surface area contributed by atoms with E-state index in [-0.39, 0.29) is 36.0 Å². The van der Waals surface area contributed by atoms with Crippen molar-refractivity contribution in [3.8, 4) is 0 Å². The molecule has 1 N–H and O–H groups in total. The topological polar surface area (TPSA) is 81.7 Å². The van der Waals surface area contributed by atoms with Gasteiger partial charge in [0.25, 0.3) is 0 Å². The van der Waals surface area contributed by atoms with Gasteiger partial charge in [-0.25, -0.2) is 4.79 Å². The fourth-order valence-corrected chi connectivity index (χ4v) is 4.90. The molecule has 0 aromatic heterocycles. The first-order valence-corrected chi connectivity index (χ1v) is 14.5. The molecule has 0 unspecified atom stereocenters. The van der Waals surface area contributed by atoms with Crippen LogP contribution in [0.2, 0.25) is 0 Å². The predicted molar refractivity (Wildman–Crippen MR) is 141 cm³/mol. The van der Waals surface area contributed by atoms with Crippen LogP contribution in [0.25, 0.3) is 0 Å². The van der Waals surface area contributed by atoms with Gasteiger partial charge in [0.1, 0.15) is 18.2 Å². The Morgan fingerprint density at radius 3 is 2.06 bits per heavy atom. The van der Waals surface area contributed by atoms with Gasteiger partial charge in [0.15, 0.2) is 0 Å². The van der Waals surface area contributed by atoms with Crippen LogP contribution in [0.15, 0.2) is 0 Å². The molecule has 35 heavy (non-hydrogen) atoms. The number of nitrogens with one attached hydrogen (secondary N) is 1. The fraction of sp³-hybridized carbons (Fsp3) is 0.897. The summed E-state index contributed by atoms with van der Waals surface area (Å²) in [6.45, 7) is 8.45. The van der Waals surface area contributed by atoms with Crippen LogP contribution in [0.4, 0.5) is 0 Å². The summed E-state index contributed by atoms with van der Waals surface area (Å²) in [6.07, 6.45) is 18.5. The number of amides is 1. The predicted octanol–water partition coefficient (Wildman–Crippen LogP) is 6.88. The number of ether oxygens (including phenoxy) is 2. The molecule has 4 atom stereocenters. The van der Waals surface area contributed by atoms with E-state index in [1.54, 1.807) is 0 Å². The number of esters is 2. The maximum atomic E-state index is 12.9. The minimum Gasteiger partial charge on any atom is -0.461 e. The molecule has 0 radical (unpaired) electrons. The van der Waals surface area contributed by atoms with Gasteiger partial charge in [-0.05, 0) is 31.6 Å². The number of carbonyl (C=O) groups excluding carboxylic acids is 3. The molecule has 1 aliphatic heterocycles. The Hall–Kier alpha value is -1.59. The minimum absolute atomic E-state index is 0.0734. The highest BCUT2D eigenvalue weighted by Gasteiger charge is 2.43. The minimum atomic E-state index is -0.632. The van der Waals surface area contributed by atoms with E-state index in [4.69, 9.17) is 9.47 Å². The lowest BCUT2D eigenvalue weighted by Gasteiger charge is -2.37. The van der Waals surface area contributed by atoms with E-state index in [0.29, 0.717) is 19.3 Å². The van der Waals surface area contributed by atoms with E-state index >= 15 is 0 Å². The van der Waals surface area contributed by atoms with E-state index in [1.807, 2.05) is 13.8 Å². The molecule has 0 aromatic rings. The molecule has 6 heteroatoms. The first-order chi connectivity index (χ1) is 16.9. The highest BCUT2D eigenvalue weighted by atomic mass is 16.6. The second-order valence-electron chi connectivity index (χ2n) is 10.8. The summed E-state index contributed by atoms with van der Waals surface area (Å²) in [6, 6.07) is -0.632. The molecule has 1 heterocycles. The standard InChI is InChI=1S/C29H53NO5/c1-5-7-9-11-12-13-14-15-16-18-24(34-29(33)26(30-22-31)20-23(3)4)21-27-25(28(32)35-27)19-17-10-8-6-2/h22-27H,5-21H2,1-4H3,(H,30,31)/t24-,25-,26+,27-/m0/s1. The Balaban J connectivity index is 2.58. The van der Waals surface area contributed by atoms with Crippen LogP contribution >= 0.6 is 0 Å². The summed E-state index contributed by atoms with van der Waals surface area (Å²) in [5.41, 5.74) is 0. The molecule has 0 spiro atoms. The lowest BCUT2D eigenvalue weighted by atomic mass is 9.86. The summed E-state index contributed by atoms with van der Waals surface area (Å²) < 4.78 is 11.4. The van der Waals surface area contributed by atoms with Crippen molar-refractivity contribution >= 4 is 18.3 Å². The van der Waals surface area contributed by atoms with Gasteiger partial charge in [0.2, 0.25) is 6.41 Å². The van der Waals surface area contributed by atoms with Crippen LogP contribution in [0.1, 0.15) is 137 Å². The number of hydrogen-bond acceptors (Lipinski definition) is 5. The summed E-state index contributed by atoms with van der Waals surface area (Å²) in [7, 11) is 0. The average molecular weight is 496 g/mol. The molecule has 6 nitrogen and oxygen atoms in total. The zero-order valence-corrected chi connectivity index (χ0v) is 23.0. The highest BCUT2D eigenvalue weighted by molar-refractivity contribution is 5.79. The van der Waals surface area contributed by atoms with Crippen LogP contribution in [0.3, 0.4) is 0 Å². The van der Waals surface area contributed by atoms with Gasteiger partial charge >= 0.3 is 11.9 Å². The molecule has 1 fully saturated rings. The van der Waals surface area contributed by atoms with Gasteiger partial charge in [0, 0.05) is 6.42 Å². The second-order valence-corrected chi connectivity index (χ2v) is 10.8. The highest BCUT2D eigenvalue weighted by Crippen LogP contribution is 2.32. The van der Waals surface area contributed by atoms with Gasteiger partial charge in [-0.1, -0.05) is 105 Å². The van der Waals surface area contributed by atoms with E-state index in [9.17, 15) is 14.4 Å². The van der Waals surface area contributed by atoms with Crippen molar-refractivity contribution in [2.75, 3.05) is 0 Å². The van der Waals surface area contributed by atoms with Crippen molar-refractivity contribution in [3.05, 3.63) is 0 Å². The Morgan fingerprint density at radius 2 is 1.51 bits per heavy atom. The second kappa shape index (κ2) is 19.6. The molecule has 0 bridgehead atoms. The molecule has 1 aliphatic rings. The van der Waals surface area contributed by atoms with Crippen LogP contribution in [0, 0.1) is 11.8 Å². The third-order valence-electron chi connectivity index (χ3n) is 7.06. The number of cyclic esters (lactones) is 1. The maximum Gasteiger partial charge on any atom is 0.328 e. The Kier molecular flexibility index (Phi) is 17.6. The van der Waals surface area contributed by atoms with Crippen LogP contribution in [-0.2, 0) is 23.9 Å². The number of unbranched alkanes of at least 4 members (excludes halogenated alkanes) is 11. The SMILES string of the molecule is CCCCCCCCCCC[C@@H](C[C@@H]1OC(=O)[C@H]1CCCCCC)OC(=O)[C@@H](CC(C)C)NC=O. The van der Waals surface area contributed by atoms with Crippen molar-refractivity contribution in [3.63, 3.8) is 0 Å². The Labute approximate surface area is 214 Å². The molecule has 1 amide bonds. The number of carbonyl (C=O) groups is 3. The normalized spacial score (nSPS) is 19.1. The van der Waals surface area contributed by atoms with E-state index < -0.39 is 6.04 Å². The van der Waals surface area contributed by atoms with E-state index in [2.05, 4.69) is 19.2 Å². The van der Waals surface area contributed by atoms with E-state index in [0.717, 1.165) is 38.5 Å². The summed E-state index contributed by atoms with van der Waals surface area (Å²) in [4.78, 5) is 36.0. The zero-order valence-electron chi connectivity index (χ0n) is 23.0. The number of hydrogen-bond donors (Lipinski definition) is 1. The van der Waals surface area contributed by atoms with Crippen molar-refractivity contribution in [2.24, 2.45) is 11.8 Å². The molecule has 1 saturated heterocycles. The van der Waals surface area contributed by atoms with Crippen LogP contribution in [0.5, 0.6) is 0 Å².